The molecular weight excluding hydrogens is 232 g/mol. The lowest BCUT2D eigenvalue weighted by molar-refractivity contribution is 0.371. The molecule has 1 unspecified atom stereocenters. The van der Waals surface area contributed by atoms with E-state index in [0.29, 0.717) is 6.61 Å². The molecule has 0 N–H and O–H groups in total. The van der Waals surface area contributed by atoms with Gasteiger partial charge in [0.05, 0.1) is 11.5 Å². The number of hydrogen-bond acceptors (Lipinski definition) is 2. The Morgan fingerprint density at radius 2 is 1.65 bits per heavy atom. The van der Waals surface area contributed by atoms with Crippen molar-refractivity contribution in [1.82, 2.24) is 0 Å². The second-order valence-corrected chi connectivity index (χ2v) is 6.44. The second kappa shape index (κ2) is 5.32. The fourth-order valence-electron chi connectivity index (χ4n) is 1.81. The molecule has 1 atom stereocenters. The zero-order valence-electron chi connectivity index (χ0n) is 11.6. The normalized spacial score (nSPS) is 13.8. The van der Waals surface area contributed by atoms with E-state index in [-0.39, 0.29) is 5.41 Å². The summed E-state index contributed by atoms with van der Waals surface area (Å²) in [4.78, 5) is 0.819. The topological polar surface area (TPSA) is 26.3 Å². The highest BCUT2D eigenvalue weighted by Gasteiger charge is 2.18. The van der Waals surface area contributed by atoms with Crippen LogP contribution >= 0.6 is 0 Å². The highest BCUT2D eigenvalue weighted by atomic mass is 32.2. The van der Waals surface area contributed by atoms with Gasteiger partial charge in [0.25, 0.3) is 0 Å². The lowest BCUT2D eigenvalue weighted by Crippen LogP contribution is -2.13. The van der Waals surface area contributed by atoms with Crippen molar-refractivity contribution >= 4 is 11.1 Å². The second-order valence-electron chi connectivity index (χ2n) is 5.33. The molecule has 0 saturated heterocycles. The summed E-state index contributed by atoms with van der Waals surface area (Å²) < 4.78 is 17.1. The first kappa shape index (κ1) is 14.4. The first-order chi connectivity index (χ1) is 7.77. The largest absolute Gasteiger partial charge is 0.287 e. The molecule has 0 saturated carbocycles. The summed E-state index contributed by atoms with van der Waals surface area (Å²) in [7, 11) is 0. The Labute approximate surface area is 107 Å². The van der Waals surface area contributed by atoms with Gasteiger partial charge in [-0.15, -0.1) is 0 Å². The van der Waals surface area contributed by atoms with Gasteiger partial charge in [-0.05, 0) is 42.9 Å². The number of benzene rings is 1. The van der Waals surface area contributed by atoms with Crippen LogP contribution < -0.4 is 0 Å². The van der Waals surface area contributed by atoms with Gasteiger partial charge in [0.15, 0.2) is 11.1 Å². The molecule has 0 bridgehead atoms. The smallest absolute Gasteiger partial charge is 0.189 e. The van der Waals surface area contributed by atoms with Crippen molar-refractivity contribution in [2.75, 3.05) is 6.61 Å². The standard InChI is InChI=1S/C14H22O2S/c1-7-16-17(15)13-10(2)8-12(9-11(13)3)14(4,5)6/h8-9H,7H2,1-6H3. The maximum Gasteiger partial charge on any atom is 0.189 e. The zero-order valence-corrected chi connectivity index (χ0v) is 12.4. The minimum absolute atomic E-state index is 0.112. The predicted molar refractivity (Wildman–Crippen MR) is 72.7 cm³/mol. The number of hydrogen-bond donors (Lipinski definition) is 0. The Balaban J connectivity index is 3.25. The zero-order chi connectivity index (χ0) is 13.2. The Hall–Kier alpha value is -0.670. The molecule has 0 aliphatic carbocycles. The van der Waals surface area contributed by atoms with Gasteiger partial charge in [0.1, 0.15) is 0 Å². The van der Waals surface area contributed by atoms with Gasteiger partial charge in [-0.2, -0.15) is 0 Å². The summed E-state index contributed by atoms with van der Waals surface area (Å²) >= 11 is -1.34. The van der Waals surface area contributed by atoms with Crippen LogP contribution in [0.1, 0.15) is 44.4 Å². The van der Waals surface area contributed by atoms with E-state index in [1.54, 1.807) is 0 Å². The van der Waals surface area contributed by atoms with Crippen molar-refractivity contribution in [3.63, 3.8) is 0 Å². The molecule has 1 aromatic rings. The molecule has 0 aliphatic heterocycles. The first-order valence-electron chi connectivity index (χ1n) is 5.94. The van der Waals surface area contributed by atoms with E-state index in [4.69, 9.17) is 4.18 Å². The van der Waals surface area contributed by atoms with Crippen LogP contribution in [0.15, 0.2) is 17.0 Å². The van der Waals surface area contributed by atoms with Crippen LogP contribution in [0, 0.1) is 13.8 Å². The van der Waals surface area contributed by atoms with Gasteiger partial charge >= 0.3 is 0 Å². The van der Waals surface area contributed by atoms with Gasteiger partial charge < -0.3 is 0 Å². The van der Waals surface area contributed by atoms with Gasteiger partial charge in [-0.25, -0.2) is 4.21 Å². The van der Waals surface area contributed by atoms with Crippen LogP contribution in [-0.4, -0.2) is 10.8 Å². The number of aryl methyl sites for hydroxylation is 2. The van der Waals surface area contributed by atoms with Crippen molar-refractivity contribution in [2.45, 2.75) is 51.9 Å². The quantitative estimate of drug-likeness (QED) is 0.823. The van der Waals surface area contributed by atoms with Crippen molar-refractivity contribution < 1.29 is 8.39 Å². The molecule has 0 radical (unpaired) electrons. The van der Waals surface area contributed by atoms with Crippen molar-refractivity contribution in [1.29, 1.82) is 0 Å². The van der Waals surface area contributed by atoms with E-state index >= 15 is 0 Å². The van der Waals surface area contributed by atoms with E-state index in [2.05, 4.69) is 32.9 Å². The van der Waals surface area contributed by atoms with Crippen LogP contribution in [0.5, 0.6) is 0 Å². The SMILES string of the molecule is CCOS(=O)c1c(C)cc(C(C)(C)C)cc1C. The van der Waals surface area contributed by atoms with Crippen LogP contribution in [0.4, 0.5) is 0 Å². The molecule has 3 heteroatoms. The molecule has 0 heterocycles. The molecule has 17 heavy (non-hydrogen) atoms. The number of rotatable bonds is 3. The lowest BCUT2D eigenvalue weighted by Gasteiger charge is -2.21. The summed E-state index contributed by atoms with van der Waals surface area (Å²) in [6.07, 6.45) is 0. The van der Waals surface area contributed by atoms with Gasteiger partial charge in [-0.1, -0.05) is 32.9 Å². The predicted octanol–water partition coefficient (Wildman–Crippen LogP) is 3.66. The fraction of sp³-hybridized carbons (Fsp3) is 0.571. The summed E-state index contributed by atoms with van der Waals surface area (Å²) in [5.41, 5.74) is 3.47. The summed E-state index contributed by atoms with van der Waals surface area (Å²) in [6, 6.07) is 4.22. The molecule has 0 aliphatic rings. The van der Waals surface area contributed by atoms with E-state index in [0.717, 1.165) is 16.0 Å². The highest BCUT2D eigenvalue weighted by Crippen LogP contribution is 2.28. The Kier molecular flexibility index (Phi) is 4.50. The molecule has 0 fully saturated rings. The Morgan fingerprint density at radius 1 is 1.18 bits per heavy atom. The van der Waals surface area contributed by atoms with E-state index in [1.807, 2.05) is 20.8 Å². The summed E-state index contributed by atoms with van der Waals surface area (Å²) in [5.74, 6) is 0. The van der Waals surface area contributed by atoms with Crippen LogP contribution in [-0.2, 0) is 20.7 Å². The van der Waals surface area contributed by atoms with Crippen molar-refractivity contribution in [3.05, 3.63) is 28.8 Å². The molecule has 0 amide bonds. The first-order valence-corrected chi connectivity index (χ1v) is 7.01. The molecule has 0 spiro atoms. The highest BCUT2D eigenvalue weighted by molar-refractivity contribution is 7.80. The third-order valence-electron chi connectivity index (χ3n) is 2.72. The minimum Gasteiger partial charge on any atom is -0.287 e. The minimum atomic E-state index is -1.34. The summed E-state index contributed by atoms with van der Waals surface area (Å²) in [6.45, 7) is 12.8. The van der Waals surface area contributed by atoms with Crippen LogP contribution in [0.25, 0.3) is 0 Å². The molecule has 96 valence electrons. The molecule has 1 rings (SSSR count). The van der Waals surface area contributed by atoms with Gasteiger partial charge in [0, 0.05) is 0 Å². The molecule has 1 aromatic carbocycles. The van der Waals surface area contributed by atoms with E-state index < -0.39 is 11.1 Å². The van der Waals surface area contributed by atoms with E-state index in [9.17, 15) is 4.21 Å². The van der Waals surface area contributed by atoms with E-state index in [1.165, 1.54) is 5.56 Å². The molecular formula is C14H22O2S. The molecule has 2 nitrogen and oxygen atoms in total. The maximum atomic E-state index is 11.9. The lowest BCUT2D eigenvalue weighted by atomic mass is 9.85. The molecule has 0 aromatic heterocycles. The monoisotopic (exact) mass is 254 g/mol. The van der Waals surface area contributed by atoms with Crippen molar-refractivity contribution in [3.8, 4) is 0 Å². The average Bonchev–Trinajstić information content (AvgIpc) is 2.15. The Bertz CT molecular complexity index is 407. The van der Waals surface area contributed by atoms with Gasteiger partial charge in [-0.3, -0.25) is 4.18 Å². The summed E-state index contributed by atoms with van der Waals surface area (Å²) in [5, 5.41) is 0. The van der Waals surface area contributed by atoms with Gasteiger partial charge in [0.2, 0.25) is 0 Å². The van der Waals surface area contributed by atoms with Crippen molar-refractivity contribution in [2.24, 2.45) is 0 Å². The van der Waals surface area contributed by atoms with Crippen LogP contribution in [0.3, 0.4) is 0 Å². The Morgan fingerprint density at radius 3 is 2.00 bits per heavy atom. The maximum absolute atomic E-state index is 11.9. The fourth-order valence-corrected chi connectivity index (χ4v) is 2.79. The average molecular weight is 254 g/mol. The third kappa shape index (κ3) is 3.39. The third-order valence-corrected chi connectivity index (χ3v) is 4.14. The van der Waals surface area contributed by atoms with Crippen LogP contribution in [0.2, 0.25) is 0 Å².